The van der Waals surface area contributed by atoms with E-state index in [9.17, 15) is 29.7 Å². The van der Waals surface area contributed by atoms with E-state index in [-0.39, 0.29) is 37.6 Å². The Bertz CT molecular complexity index is 1820. The van der Waals surface area contributed by atoms with Gasteiger partial charge in [-0.2, -0.15) is 10.5 Å². The zero-order valence-corrected chi connectivity index (χ0v) is 32.2. The fourth-order valence-electron chi connectivity index (χ4n) is 5.66. The summed E-state index contributed by atoms with van der Waals surface area (Å²) in [5.41, 5.74) is 0.358. The van der Waals surface area contributed by atoms with Gasteiger partial charge in [0.25, 0.3) is 0 Å². The molecule has 306 valence electrons. The predicted molar refractivity (Wildman–Crippen MR) is 204 cm³/mol. The van der Waals surface area contributed by atoms with Gasteiger partial charge in [0.05, 0.1) is 53.9 Å². The third kappa shape index (κ3) is 12.7. The molecule has 0 aromatic heterocycles. The Kier molecular flexibility index (Phi) is 17.3. The quantitative estimate of drug-likeness (QED) is 0.0523. The van der Waals surface area contributed by atoms with E-state index >= 15 is 0 Å². The number of hydrogen-bond acceptors (Lipinski definition) is 16. The van der Waals surface area contributed by atoms with E-state index in [1.807, 2.05) is 12.1 Å². The maximum atomic E-state index is 13.1. The van der Waals surface area contributed by atoms with Crippen LogP contribution in [0.2, 0.25) is 0 Å². The van der Waals surface area contributed by atoms with Crippen molar-refractivity contribution in [3.63, 3.8) is 0 Å². The van der Waals surface area contributed by atoms with Crippen molar-refractivity contribution in [2.75, 3.05) is 53.9 Å². The lowest BCUT2D eigenvalue weighted by molar-refractivity contribution is -0.150. The molecular weight excluding hydrogens is 756 g/mol. The number of nitrogens with zero attached hydrogens (tertiary/aromatic N) is 2. The number of nitriles is 2. The minimum absolute atomic E-state index is 0.0810. The van der Waals surface area contributed by atoms with Crippen molar-refractivity contribution >= 4 is 36.0 Å². The monoisotopic (exact) mass is 800 g/mol. The molecule has 0 aliphatic carbocycles. The molecule has 2 heterocycles. The highest BCUT2D eigenvalue weighted by atomic mass is 16.7. The van der Waals surface area contributed by atoms with Gasteiger partial charge in [0.2, 0.25) is 0 Å². The smallest absolute Gasteiger partial charge is 0.349 e. The molecule has 2 aliphatic heterocycles. The lowest BCUT2D eigenvalue weighted by Gasteiger charge is -2.17. The number of rotatable bonds is 22. The predicted octanol–water partition coefficient (Wildman–Crippen LogP) is 4.62. The Balaban J connectivity index is 1.29. The fraction of sp³-hybridized carbons (Fsp3) is 0.381. The maximum Gasteiger partial charge on any atom is 0.349 e. The Morgan fingerprint density at radius 1 is 0.655 bits per heavy atom. The molecule has 16 nitrogen and oxygen atoms in total. The molecule has 2 saturated heterocycles. The summed E-state index contributed by atoms with van der Waals surface area (Å²) in [6, 6.07) is 13.5. The molecule has 0 spiro atoms. The van der Waals surface area contributed by atoms with Crippen molar-refractivity contribution in [1.82, 2.24) is 0 Å². The number of ether oxygens (including phenoxy) is 10. The van der Waals surface area contributed by atoms with Crippen LogP contribution >= 0.6 is 0 Å². The van der Waals surface area contributed by atoms with E-state index in [1.165, 1.54) is 26.4 Å². The van der Waals surface area contributed by atoms with Crippen LogP contribution in [0.1, 0.15) is 36.8 Å². The normalized spacial score (nSPS) is 18.3. The first-order valence-corrected chi connectivity index (χ1v) is 18.2. The second kappa shape index (κ2) is 22.8. The molecule has 4 rings (SSSR count). The fourth-order valence-corrected chi connectivity index (χ4v) is 5.66. The number of benzene rings is 2. The van der Waals surface area contributed by atoms with Crippen molar-refractivity contribution in [3.8, 4) is 35.1 Å². The Labute approximate surface area is 335 Å². The van der Waals surface area contributed by atoms with Gasteiger partial charge in [0.1, 0.15) is 35.5 Å². The zero-order valence-electron chi connectivity index (χ0n) is 32.2. The molecule has 0 amide bonds. The van der Waals surface area contributed by atoms with Gasteiger partial charge in [-0.3, -0.25) is 0 Å². The number of carbonyl (C=O) groups is 4. The Morgan fingerprint density at radius 2 is 1.05 bits per heavy atom. The summed E-state index contributed by atoms with van der Waals surface area (Å²) in [7, 11) is 2.91. The number of fused-ring (bicyclic) bond motifs is 1. The molecule has 2 aliphatic rings. The van der Waals surface area contributed by atoms with Crippen LogP contribution in [0, 0.1) is 22.7 Å². The summed E-state index contributed by atoms with van der Waals surface area (Å²) in [5, 5.41) is 19.6. The van der Waals surface area contributed by atoms with E-state index in [4.69, 9.17) is 47.4 Å². The van der Waals surface area contributed by atoms with Crippen molar-refractivity contribution in [2.24, 2.45) is 0 Å². The van der Waals surface area contributed by atoms with Gasteiger partial charge < -0.3 is 47.4 Å². The van der Waals surface area contributed by atoms with Crippen molar-refractivity contribution < 1.29 is 66.5 Å². The van der Waals surface area contributed by atoms with E-state index in [0.29, 0.717) is 73.0 Å². The van der Waals surface area contributed by atoms with Crippen LogP contribution in [0.25, 0.3) is 12.2 Å². The lowest BCUT2D eigenvalue weighted by atomic mass is 10.1. The lowest BCUT2D eigenvalue weighted by Crippen LogP contribution is -2.36. The third-order valence-electron chi connectivity index (χ3n) is 8.57. The average molecular weight is 801 g/mol. The molecule has 2 aromatic carbocycles. The highest BCUT2D eigenvalue weighted by molar-refractivity contribution is 5.98. The van der Waals surface area contributed by atoms with Crippen LogP contribution in [0.15, 0.2) is 72.9 Å². The molecule has 16 heteroatoms. The summed E-state index contributed by atoms with van der Waals surface area (Å²) >= 11 is 0. The molecule has 58 heavy (non-hydrogen) atoms. The first kappa shape index (κ1) is 44.1. The van der Waals surface area contributed by atoms with Crippen LogP contribution in [0.4, 0.5) is 0 Å². The number of carbonyl (C=O) groups excluding carboxylic acids is 4. The van der Waals surface area contributed by atoms with Crippen LogP contribution in [-0.4, -0.2) is 102 Å². The number of esters is 4. The summed E-state index contributed by atoms with van der Waals surface area (Å²) in [4.78, 5) is 48.5. The molecule has 2 aromatic rings. The summed E-state index contributed by atoms with van der Waals surface area (Å²) in [6.07, 6.45) is 3.90. The van der Waals surface area contributed by atoms with Crippen molar-refractivity contribution in [2.45, 2.75) is 50.1 Å². The van der Waals surface area contributed by atoms with Gasteiger partial charge in [-0.1, -0.05) is 25.3 Å². The second-order valence-electron chi connectivity index (χ2n) is 12.5. The summed E-state index contributed by atoms with van der Waals surface area (Å²) < 4.78 is 55.1. The summed E-state index contributed by atoms with van der Waals surface area (Å²) in [5.74, 6) is -1.17. The van der Waals surface area contributed by atoms with E-state index in [2.05, 4.69) is 13.2 Å². The van der Waals surface area contributed by atoms with Gasteiger partial charge in [-0.05, 0) is 73.2 Å². The van der Waals surface area contributed by atoms with Gasteiger partial charge in [0.15, 0.2) is 35.2 Å². The van der Waals surface area contributed by atoms with Gasteiger partial charge in [-0.15, -0.1) is 0 Å². The zero-order chi connectivity index (χ0) is 41.9. The summed E-state index contributed by atoms with van der Waals surface area (Å²) in [6.45, 7) is 7.68. The largest absolute Gasteiger partial charge is 0.493 e. The molecule has 0 N–H and O–H groups in total. The van der Waals surface area contributed by atoms with Crippen molar-refractivity contribution in [3.05, 3.63) is 84.0 Å². The van der Waals surface area contributed by atoms with Crippen LogP contribution in [0.3, 0.4) is 0 Å². The highest BCUT2D eigenvalue weighted by Crippen LogP contribution is 2.33. The van der Waals surface area contributed by atoms with Crippen molar-refractivity contribution in [1.29, 1.82) is 10.5 Å². The number of unbranched alkanes of at least 4 members (excludes halogenated alkanes) is 2. The van der Waals surface area contributed by atoms with Crippen LogP contribution < -0.4 is 18.9 Å². The van der Waals surface area contributed by atoms with Crippen LogP contribution in [0.5, 0.6) is 23.0 Å². The molecular formula is C42H44N2O14. The minimum atomic E-state index is -0.912. The first-order chi connectivity index (χ1) is 28.1. The molecule has 2 fully saturated rings. The standard InChI is InChI=1S/C42H44N2O14/c1-5-37(45)53-17-9-7-15-51-31-13-11-27(21-33(31)49-3)19-29(23-43)41(47)57-35-25-55-40-36(26-56-39(35)40)58-42(48)30(24-44)20-28-12-14-32(34(22-28)50-4)52-16-8-10-18-54-38(46)6-2/h5-6,11-14,19-22,35-36,39-40H,1-2,7-10,15-18,25-26H2,3-4H3/b29-19+,30-20+/t35-,36+,39-,40-/m1/s1. The Morgan fingerprint density at radius 3 is 1.41 bits per heavy atom. The SMILES string of the molecule is C=CC(=O)OCCCCOc1ccc(/C=C(\C#N)C(=O)O[C@H]2CO[C@H]3[C@@H]2OC[C@H]3OC(=O)/C(C#N)=C/c2ccc(OCCCCOC(=O)C=C)c(OC)c2)cc1OC. The van der Waals surface area contributed by atoms with Crippen LogP contribution in [-0.2, 0) is 47.6 Å². The topological polar surface area (TPSA) is 208 Å². The maximum absolute atomic E-state index is 13.1. The molecule has 0 radical (unpaired) electrons. The first-order valence-electron chi connectivity index (χ1n) is 18.2. The average Bonchev–Trinajstić information content (AvgIpc) is 3.83. The highest BCUT2D eigenvalue weighted by Gasteiger charge is 2.51. The van der Waals surface area contributed by atoms with E-state index in [1.54, 1.807) is 36.4 Å². The molecule has 0 unspecified atom stereocenters. The van der Waals surface area contributed by atoms with E-state index < -0.39 is 48.3 Å². The second-order valence-corrected chi connectivity index (χ2v) is 12.5. The molecule has 0 bridgehead atoms. The Hall–Kier alpha value is -6.62. The number of methoxy groups -OCH3 is 2. The van der Waals surface area contributed by atoms with Gasteiger partial charge in [-0.25, -0.2) is 19.2 Å². The number of hydrogen-bond donors (Lipinski definition) is 0. The minimum Gasteiger partial charge on any atom is -0.493 e. The van der Waals surface area contributed by atoms with E-state index in [0.717, 1.165) is 12.2 Å². The molecule has 0 saturated carbocycles. The van der Waals surface area contributed by atoms with Gasteiger partial charge in [0, 0.05) is 12.2 Å². The molecule has 4 atom stereocenters. The van der Waals surface area contributed by atoms with Gasteiger partial charge >= 0.3 is 23.9 Å². The third-order valence-corrected chi connectivity index (χ3v) is 8.57.